The summed E-state index contributed by atoms with van der Waals surface area (Å²) in [4.78, 5) is 46.9. The molecule has 3 saturated heterocycles. The lowest BCUT2D eigenvalue weighted by atomic mass is 9.65. The lowest BCUT2D eigenvalue weighted by molar-refractivity contribution is -0.162. The van der Waals surface area contributed by atoms with E-state index >= 15 is 4.79 Å². The number of anilines is 1. The average molecular weight is 623 g/mol. The van der Waals surface area contributed by atoms with Crippen molar-refractivity contribution in [2.45, 2.75) is 62.3 Å². The van der Waals surface area contributed by atoms with E-state index in [9.17, 15) is 14.7 Å². The van der Waals surface area contributed by atoms with Crippen LogP contribution in [0.15, 0.2) is 98.1 Å². The molecule has 2 unspecified atom stereocenters. The number of rotatable bonds is 13. The van der Waals surface area contributed by atoms with Gasteiger partial charge in [-0.1, -0.05) is 79.7 Å². The third-order valence-electron chi connectivity index (χ3n) is 10.2. The van der Waals surface area contributed by atoms with Gasteiger partial charge >= 0.3 is 5.97 Å². The molecule has 6 rings (SSSR count). The molecule has 6 atom stereocenters. The maximum atomic E-state index is 15.1. The number of fused-ring (bicyclic) bond motifs is 2. The number of ether oxygens (including phenoxy) is 2. The monoisotopic (exact) mass is 622 g/mol. The van der Waals surface area contributed by atoms with Gasteiger partial charge < -0.3 is 24.4 Å². The van der Waals surface area contributed by atoms with Gasteiger partial charge in [0.25, 0.3) is 5.91 Å². The van der Waals surface area contributed by atoms with Gasteiger partial charge in [0.05, 0.1) is 30.8 Å². The van der Waals surface area contributed by atoms with Gasteiger partial charge in [-0.15, -0.1) is 13.2 Å². The van der Waals surface area contributed by atoms with Gasteiger partial charge in [0, 0.05) is 12.2 Å². The fraction of sp³-hybridized carbons (Fsp3) is 0.395. The van der Waals surface area contributed by atoms with Crippen LogP contribution in [0.1, 0.15) is 38.2 Å². The van der Waals surface area contributed by atoms with E-state index in [2.05, 4.69) is 13.2 Å². The maximum Gasteiger partial charge on any atom is 0.312 e. The summed E-state index contributed by atoms with van der Waals surface area (Å²) < 4.78 is 12.6. The summed E-state index contributed by atoms with van der Waals surface area (Å²) in [5, 5.41) is 12.8. The van der Waals surface area contributed by atoms with E-state index in [1.165, 1.54) is 4.90 Å². The van der Waals surface area contributed by atoms with Crippen molar-refractivity contribution in [2.75, 3.05) is 24.7 Å². The molecule has 1 spiro atoms. The molecule has 3 aromatic carbocycles. The van der Waals surface area contributed by atoms with E-state index in [1.54, 1.807) is 17.1 Å². The second-order valence-electron chi connectivity index (χ2n) is 12.6. The molecule has 3 aliphatic rings. The highest BCUT2D eigenvalue weighted by molar-refractivity contribution is 6.06. The lowest BCUT2D eigenvalue weighted by Crippen LogP contribution is -2.59. The Morgan fingerprint density at radius 3 is 2.50 bits per heavy atom. The number of aliphatic hydroxyl groups excluding tert-OH is 1. The quantitative estimate of drug-likeness (QED) is 0.159. The minimum atomic E-state index is -1.26. The smallest absolute Gasteiger partial charge is 0.312 e. The Bertz CT molecular complexity index is 1640. The van der Waals surface area contributed by atoms with Crippen LogP contribution in [0.2, 0.25) is 0 Å². The fourth-order valence-corrected chi connectivity index (χ4v) is 8.10. The number of amides is 2. The number of esters is 1. The van der Waals surface area contributed by atoms with E-state index in [0.29, 0.717) is 37.8 Å². The van der Waals surface area contributed by atoms with Crippen LogP contribution >= 0.6 is 0 Å². The highest BCUT2D eigenvalue weighted by Crippen LogP contribution is 2.65. The molecule has 3 aromatic rings. The largest absolute Gasteiger partial charge is 0.465 e. The fourth-order valence-electron chi connectivity index (χ4n) is 8.10. The van der Waals surface area contributed by atoms with Crippen molar-refractivity contribution in [3.8, 4) is 0 Å². The second-order valence-corrected chi connectivity index (χ2v) is 12.6. The Morgan fingerprint density at radius 1 is 1.07 bits per heavy atom. The van der Waals surface area contributed by atoms with E-state index in [-0.39, 0.29) is 31.6 Å². The molecule has 2 bridgehead atoms. The van der Waals surface area contributed by atoms with Crippen LogP contribution in [0.25, 0.3) is 10.8 Å². The summed E-state index contributed by atoms with van der Waals surface area (Å²) in [6.45, 7) is 9.59. The number of hydrogen-bond acceptors (Lipinski definition) is 6. The number of nitrogens with zero attached hydrogens (tertiary/aromatic N) is 2. The SMILES string of the molecule is C=CCCOC(=O)[C@H]1[C@H]2C(=O)N([C@@H](CO)Cc3ccccc3)C(C(=O)N(CC=C)c3ccc4ccccc4c3)C23CC[C@]1(CC)O3. The summed E-state index contributed by atoms with van der Waals surface area (Å²) in [6.07, 6.45) is 5.61. The van der Waals surface area contributed by atoms with Crippen LogP contribution in [0.3, 0.4) is 0 Å². The molecule has 1 N–H and O–H groups in total. The zero-order valence-electron chi connectivity index (χ0n) is 26.3. The zero-order valence-corrected chi connectivity index (χ0v) is 26.3. The molecule has 3 aliphatic heterocycles. The van der Waals surface area contributed by atoms with Crippen molar-refractivity contribution in [1.29, 1.82) is 0 Å². The number of likely N-dealkylation sites (tertiary alicyclic amines) is 1. The summed E-state index contributed by atoms with van der Waals surface area (Å²) in [5.41, 5.74) is -0.593. The number of aliphatic hydroxyl groups is 1. The van der Waals surface area contributed by atoms with E-state index in [1.807, 2.05) is 79.7 Å². The number of benzene rings is 3. The first kappa shape index (κ1) is 31.7. The van der Waals surface area contributed by atoms with Crippen molar-refractivity contribution >= 4 is 34.2 Å². The van der Waals surface area contributed by atoms with Gasteiger partial charge in [-0.05, 0) is 60.6 Å². The van der Waals surface area contributed by atoms with Crippen molar-refractivity contribution in [2.24, 2.45) is 11.8 Å². The first-order chi connectivity index (χ1) is 22.3. The standard InChI is InChI=1S/C38H42N2O6/c1-4-7-22-45-36(44)32-31-34(42)40(30(25-41)23-26-13-9-8-10-14-26)33(38(31)20-19-37(32,6-3)46-38)35(43)39(21-5-2)29-18-17-27-15-11-12-16-28(27)24-29/h4-5,8-18,24,30-33,41H,1-2,6-7,19-23,25H2,3H3/t30-,31+,32-,33?,37+,38?/m1/s1. The van der Waals surface area contributed by atoms with Crippen LogP contribution < -0.4 is 4.90 Å². The van der Waals surface area contributed by atoms with Crippen LogP contribution in [0, 0.1) is 11.8 Å². The Balaban J connectivity index is 1.46. The van der Waals surface area contributed by atoms with Gasteiger partial charge in [-0.2, -0.15) is 0 Å². The molecule has 2 amide bonds. The zero-order chi connectivity index (χ0) is 32.5. The second kappa shape index (κ2) is 12.9. The molecule has 8 heteroatoms. The van der Waals surface area contributed by atoms with Gasteiger partial charge in [0.15, 0.2) is 0 Å². The molecule has 0 aliphatic carbocycles. The maximum absolute atomic E-state index is 15.1. The Hall–Kier alpha value is -4.27. The molecular weight excluding hydrogens is 580 g/mol. The van der Waals surface area contributed by atoms with Crippen molar-refractivity contribution in [1.82, 2.24) is 4.90 Å². The summed E-state index contributed by atoms with van der Waals surface area (Å²) in [7, 11) is 0. The summed E-state index contributed by atoms with van der Waals surface area (Å²) in [5.74, 6) is -2.96. The third-order valence-corrected chi connectivity index (χ3v) is 10.2. The lowest BCUT2D eigenvalue weighted by Gasteiger charge is -2.39. The normalized spacial score (nSPS) is 27.0. The van der Waals surface area contributed by atoms with Crippen LogP contribution in [0.5, 0.6) is 0 Å². The van der Waals surface area contributed by atoms with Gasteiger partial charge in [-0.25, -0.2) is 0 Å². The molecule has 3 heterocycles. The molecular formula is C38H42N2O6. The first-order valence-corrected chi connectivity index (χ1v) is 16.2. The van der Waals surface area contributed by atoms with Crippen LogP contribution in [0.4, 0.5) is 5.69 Å². The highest BCUT2D eigenvalue weighted by Gasteiger charge is 2.79. The molecule has 0 radical (unpaired) electrons. The van der Waals surface area contributed by atoms with Crippen LogP contribution in [-0.4, -0.2) is 70.8 Å². The molecule has 0 aromatic heterocycles. The van der Waals surface area contributed by atoms with Gasteiger partial charge in [0.1, 0.15) is 17.6 Å². The topological polar surface area (TPSA) is 96.4 Å². The average Bonchev–Trinajstić information content (AvgIpc) is 3.69. The predicted octanol–water partition coefficient (Wildman–Crippen LogP) is 5.24. The Labute approximate surface area is 270 Å². The minimum absolute atomic E-state index is 0.154. The number of carbonyl (C=O) groups is 3. The number of hydrogen-bond donors (Lipinski definition) is 1. The molecule has 3 fully saturated rings. The van der Waals surface area contributed by atoms with E-state index < -0.39 is 41.1 Å². The van der Waals surface area contributed by atoms with Gasteiger partial charge in [-0.3, -0.25) is 14.4 Å². The third kappa shape index (κ3) is 5.13. The summed E-state index contributed by atoms with van der Waals surface area (Å²) >= 11 is 0. The van der Waals surface area contributed by atoms with E-state index in [0.717, 1.165) is 16.3 Å². The highest BCUT2D eigenvalue weighted by atomic mass is 16.6. The van der Waals surface area contributed by atoms with Crippen molar-refractivity contribution in [3.05, 3.63) is 104 Å². The van der Waals surface area contributed by atoms with E-state index in [4.69, 9.17) is 9.47 Å². The Kier molecular flexibility index (Phi) is 8.86. The molecule has 0 saturated carbocycles. The van der Waals surface area contributed by atoms with Gasteiger partial charge in [0.2, 0.25) is 5.91 Å². The first-order valence-electron chi connectivity index (χ1n) is 16.2. The van der Waals surface area contributed by atoms with Crippen LogP contribution in [-0.2, 0) is 30.3 Å². The predicted molar refractivity (Wildman–Crippen MR) is 177 cm³/mol. The molecule has 8 nitrogen and oxygen atoms in total. The summed E-state index contributed by atoms with van der Waals surface area (Å²) in [6, 6.07) is 21.5. The van der Waals surface area contributed by atoms with Crippen molar-refractivity contribution < 1.29 is 29.0 Å². The minimum Gasteiger partial charge on any atom is -0.465 e. The molecule has 46 heavy (non-hydrogen) atoms. The van der Waals surface area contributed by atoms with Crippen molar-refractivity contribution in [3.63, 3.8) is 0 Å². The Morgan fingerprint density at radius 2 is 1.80 bits per heavy atom. The molecule has 240 valence electrons. The number of carbonyl (C=O) groups excluding carboxylic acids is 3.